The van der Waals surface area contributed by atoms with Crippen LogP contribution in [0.4, 0.5) is 13.2 Å². The number of alkyl halides is 3. The molecule has 6 heteroatoms. The molecular weight excluding hydrogens is 375 g/mol. The highest BCUT2D eigenvalue weighted by Gasteiger charge is 2.35. The predicted molar refractivity (Wildman–Crippen MR) is 109 cm³/mol. The lowest BCUT2D eigenvalue weighted by molar-refractivity contribution is -0.137. The fourth-order valence-electron chi connectivity index (χ4n) is 3.80. The van der Waals surface area contributed by atoms with Crippen LogP contribution in [0, 0.1) is 17.2 Å². The van der Waals surface area contributed by atoms with Crippen LogP contribution < -0.4 is 11.1 Å². The zero-order valence-electron chi connectivity index (χ0n) is 16.3. The molecule has 0 saturated carbocycles. The normalized spacial score (nSPS) is 15.5. The lowest BCUT2D eigenvalue weighted by atomic mass is 9.76. The van der Waals surface area contributed by atoms with Crippen LogP contribution in [-0.4, -0.2) is 13.1 Å². The van der Waals surface area contributed by atoms with Crippen molar-refractivity contribution in [3.63, 3.8) is 0 Å². The average Bonchev–Trinajstić information content (AvgIpc) is 2.73. The molecule has 0 aliphatic carbocycles. The summed E-state index contributed by atoms with van der Waals surface area (Å²) in [6.45, 7) is 4.91. The minimum Gasteiger partial charge on any atom is -0.405 e. The number of hydrogen-bond donors (Lipinski definition) is 2. The Balaban J connectivity index is 0.000000941. The molecule has 1 unspecified atom stereocenters. The first-order valence-electron chi connectivity index (χ1n) is 9.59. The minimum absolute atomic E-state index is 0.00772. The van der Waals surface area contributed by atoms with Gasteiger partial charge in [0.15, 0.2) is 0 Å². The van der Waals surface area contributed by atoms with E-state index in [1.807, 2.05) is 30.3 Å². The van der Waals surface area contributed by atoms with Crippen LogP contribution in [-0.2, 0) is 12.6 Å². The highest BCUT2D eigenvalue weighted by atomic mass is 19.4. The molecule has 3 nitrogen and oxygen atoms in total. The van der Waals surface area contributed by atoms with E-state index in [1.165, 1.54) is 18.3 Å². The van der Waals surface area contributed by atoms with Crippen molar-refractivity contribution in [1.29, 1.82) is 5.26 Å². The molecule has 1 saturated heterocycles. The van der Waals surface area contributed by atoms with Crippen LogP contribution >= 0.6 is 0 Å². The third-order valence-corrected chi connectivity index (χ3v) is 5.15. The number of halogens is 3. The number of nitrogens with two attached hydrogens (primary N) is 1. The third-order valence-electron chi connectivity index (χ3n) is 5.15. The molecular formula is C23H26F3N3. The Hall–Kier alpha value is -2.78. The second-order valence-corrected chi connectivity index (χ2v) is 7.03. The number of piperidine rings is 1. The van der Waals surface area contributed by atoms with Crippen molar-refractivity contribution in [3.8, 4) is 6.07 Å². The van der Waals surface area contributed by atoms with Gasteiger partial charge < -0.3 is 11.1 Å². The van der Waals surface area contributed by atoms with Crippen molar-refractivity contribution in [1.82, 2.24) is 5.32 Å². The van der Waals surface area contributed by atoms with E-state index in [9.17, 15) is 13.2 Å². The van der Waals surface area contributed by atoms with Gasteiger partial charge >= 0.3 is 6.18 Å². The standard InChI is InChI=1S/C21H21F3N2.C2H5N/c22-21(23,24)20-13-17(6-7-18(20)14-25)19(16-8-10-26-11-9-16)12-15-4-2-1-3-5-15;1-2-3/h1-7,13,16,19,26H,8-12H2;2H,1,3H2. The Morgan fingerprint density at radius 1 is 1.17 bits per heavy atom. The summed E-state index contributed by atoms with van der Waals surface area (Å²) in [5.74, 6) is 0.332. The van der Waals surface area contributed by atoms with Crippen molar-refractivity contribution in [3.05, 3.63) is 83.6 Å². The summed E-state index contributed by atoms with van der Waals surface area (Å²) in [5, 5.41) is 12.4. The average molecular weight is 401 g/mol. The van der Waals surface area contributed by atoms with Gasteiger partial charge in [-0.3, -0.25) is 0 Å². The zero-order valence-corrected chi connectivity index (χ0v) is 16.3. The van der Waals surface area contributed by atoms with Gasteiger partial charge in [-0.15, -0.1) is 0 Å². The third kappa shape index (κ3) is 6.37. The molecule has 2 aromatic carbocycles. The maximum Gasteiger partial charge on any atom is 0.417 e. The van der Waals surface area contributed by atoms with Gasteiger partial charge in [-0.25, -0.2) is 0 Å². The Bertz CT molecular complexity index is 819. The molecule has 0 radical (unpaired) electrons. The van der Waals surface area contributed by atoms with E-state index in [2.05, 4.69) is 17.6 Å². The Labute approximate surface area is 170 Å². The van der Waals surface area contributed by atoms with E-state index in [1.54, 1.807) is 12.1 Å². The molecule has 0 spiro atoms. The number of nitrogens with zero attached hydrogens (tertiary/aromatic N) is 1. The maximum absolute atomic E-state index is 13.4. The number of nitriles is 1. The summed E-state index contributed by atoms with van der Waals surface area (Å²) in [5.41, 5.74) is 5.26. The van der Waals surface area contributed by atoms with E-state index >= 15 is 0 Å². The van der Waals surface area contributed by atoms with Gasteiger partial charge in [0.2, 0.25) is 0 Å². The molecule has 2 aromatic rings. The second kappa shape index (κ2) is 10.7. The van der Waals surface area contributed by atoms with E-state index < -0.39 is 11.7 Å². The van der Waals surface area contributed by atoms with Crippen LogP contribution in [0.3, 0.4) is 0 Å². The van der Waals surface area contributed by atoms with Crippen LogP contribution in [0.2, 0.25) is 0 Å². The Morgan fingerprint density at radius 2 is 1.79 bits per heavy atom. The first kappa shape index (κ1) is 22.5. The Kier molecular flexibility index (Phi) is 8.29. The number of nitrogens with one attached hydrogen (secondary N) is 1. The summed E-state index contributed by atoms with van der Waals surface area (Å²) in [4.78, 5) is 0. The van der Waals surface area contributed by atoms with Gasteiger partial charge in [-0.2, -0.15) is 18.4 Å². The lowest BCUT2D eigenvalue weighted by Gasteiger charge is -2.32. The summed E-state index contributed by atoms with van der Waals surface area (Å²) in [7, 11) is 0. The fraction of sp³-hybridized carbons (Fsp3) is 0.348. The minimum atomic E-state index is -4.52. The van der Waals surface area contributed by atoms with Gasteiger partial charge in [-0.05, 0) is 73.6 Å². The molecule has 1 atom stereocenters. The monoisotopic (exact) mass is 401 g/mol. The summed E-state index contributed by atoms with van der Waals surface area (Å²) in [6, 6.07) is 15.7. The number of hydrogen-bond acceptors (Lipinski definition) is 3. The quantitative estimate of drug-likeness (QED) is 0.759. The van der Waals surface area contributed by atoms with Crippen LogP contribution in [0.25, 0.3) is 0 Å². The van der Waals surface area contributed by atoms with Gasteiger partial charge in [0, 0.05) is 0 Å². The zero-order chi connectivity index (χ0) is 21.3. The number of benzene rings is 2. The molecule has 0 amide bonds. The summed E-state index contributed by atoms with van der Waals surface area (Å²) < 4.78 is 40.2. The maximum atomic E-state index is 13.4. The molecule has 3 N–H and O–H groups in total. The smallest absolute Gasteiger partial charge is 0.405 e. The second-order valence-electron chi connectivity index (χ2n) is 7.03. The highest BCUT2D eigenvalue weighted by Crippen LogP contribution is 2.38. The molecule has 1 fully saturated rings. The van der Waals surface area contributed by atoms with Crippen LogP contribution in [0.5, 0.6) is 0 Å². The lowest BCUT2D eigenvalue weighted by Crippen LogP contribution is -2.31. The van der Waals surface area contributed by atoms with Crippen LogP contribution in [0.15, 0.2) is 61.3 Å². The summed E-state index contributed by atoms with van der Waals surface area (Å²) in [6.07, 6.45) is -0.682. The van der Waals surface area contributed by atoms with E-state index in [0.717, 1.165) is 31.5 Å². The fourth-order valence-corrected chi connectivity index (χ4v) is 3.80. The first-order valence-corrected chi connectivity index (χ1v) is 9.59. The van der Waals surface area contributed by atoms with Gasteiger partial charge in [0.05, 0.1) is 17.2 Å². The molecule has 154 valence electrons. The SMILES string of the molecule is C=CN.N#Cc1ccc(C(Cc2ccccc2)C2CCNCC2)cc1C(F)(F)F. The molecule has 3 rings (SSSR count). The summed E-state index contributed by atoms with van der Waals surface area (Å²) >= 11 is 0. The molecule has 1 aliphatic heterocycles. The van der Waals surface area contributed by atoms with Crippen molar-refractivity contribution in [2.24, 2.45) is 11.7 Å². The highest BCUT2D eigenvalue weighted by molar-refractivity contribution is 5.43. The molecule has 0 bridgehead atoms. The largest absolute Gasteiger partial charge is 0.417 e. The van der Waals surface area contributed by atoms with E-state index in [4.69, 9.17) is 5.26 Å². The number of rotatable bonds is 4. The first-order chi connectivity index (χ1) is 13.9. The molecule has 0 aromatic heterocycles. The molecule has 1 heterocycles. The predicted octanol–water partition coefficient (Wildman–Crippen LogP) is 4.99. The Morgan fingerprint density at radius 3 is 2.34 bits per heavy atom. The molecule has 1 aliphatic rings. The van der Waals surface area contributed by atoms with E-state index in [0.29, 0.717) is 17.9 Å². The van der Waals surface area contributed by atoms with Gasteiger partial charge in [-0.1, -0.05) is 43.0 Å². The van der Waals surface area contributed by atoms with Crippen LogP contribution in [0.1, 0.15) is 41.0 Å². The van der Waals surface area contributed by atoms with Gasteiger partial charge in [0.25, 0.3) is 0 Å². The van der Waals surface area contributed by atoms with Crippen molar-refractivity contribution in [2.45, 2.75) is 31.4 Å². The van der Waals surface area contributed by atoms with Gasteiger partial charge in [0.1, 0.15) is 0 Å². The van der Waals surface area contributed by atoms with Crippen molar-refractivity contribution in [2.75, 3.05) is 13.1 Å². The topological polar surface area (TPSA) is 61.8 Å². The van der Waals surface area contributed by atoms with Crippen molar-refractivity contribution < 1.29 is 13.2 Å². The van der Waals surface area contributed by atoms with Crippen molar-refractivity contribution >= 4 is 0 Å². The van der Waals surface area contributed by atoms with E-state index in [-0.39, 0.29) is 11.5 Å². The molecule has 29 heavy (non-hydrogen) atoms.